The molecule has 1 heterocycles. The lowest BCUT2D eigenvalue weighted by atomic mass is 10.2. The van der Waals surface area contributed by atoms with Gasteiger partial charge in [0.15, 0.2) is 0 Å². The monoisotopic (exact) mass is 389 g/mol. The smallest absolute Gasteiger partial charge is 0.292 e. The third-order valence-corrected chi connectivity index (χ3v) is 4.21. The Kier molecular flexibility index (Phi) is 4.79. The van der Waals surface area contributed by atoms with Crippen molar-refractivity contribution in [2.45, 2.75) is 6.54 Å². The van der Waals surface area contributed by atoms with E-state index in [0.717, 1.165) is 10.0 Å². The van der Waals surface area contributed by atoms with Crippen LogP contribution in [0.15, 0.2) is 70.1 Å². The molecule has 23 heavy (non-hydrogen) atoms. The Morgan fingerprint density at radius 3 is 2.48 bits per heavy atom. The van der Waals surface area contributed by atoms with E-state index in [4.69, 9.17) is 11.6 Å². The van der Waals surface area contributed by atoms with E-state index in [-0.39, 0.29) is 10.6 Å². The molecule has 0 aliphatic heterocycles. The van der Waals surface area contributed by atoms with Gasteiger partial charge in [-0.05, 0) is 29.8 Å². The molecule has 1 N–H and O–H groups in total. The highest BCUT2D eigenvalue weighted by atomic mass is 79.9. The fourth-order valence-corrected chi connectivity index (χ4v) is 2.57. The number of para-hydroxylation sites is 1. The largest absolute Gasteiger partial charge is 0.378 e. The van der Waals surface area contributed by atoms with Gasteiger partial charge in [0.05, 0.1) is 17.6 Å². The predicted molar refractivity (Wildman–Crippen MR) is 96.3 cm³/mol. The van der Waals surface area contributed by atoms with Crippen molar-refractivity contribution in [2.75, 3.05) is 5.32 Å². The fourth-order valence-electron chi connectivity index (χ4n) is 2.11. The second-order valence-corrected chi connectivity index (χ2v) is 6.20. The summed E-state index contributed by atoms with van der Waals surface area (Å²) in [6.07, 6.45) is 1.57. The molecule has 116 valence electrons. The first-order chi connectivity index (χ1) is 11.1. The van der Waals surface area contributed by atoms with Gasteiger partial charge in [-0.1, -0.05) is 57.9 Å². The predicted octanol–water partition coefficient (Wildman–Crippen LogP) is 4.26. The molecule has 0 aliphatic rings. The zero-order valence-corrected chi connectivity index (χ0v) is 14.4. The molecular formula is C17H13BrClN3O. The molecule has 0 bridgehead atoms. The van der Waals surface area contributed by atoms with Gasteiger partial charge >= 0.3 is 0 Å². The van der Waals surface area contributed by atoms with E-state index < -0.39 is 0 Å². The molecule has 3 aromatic rings. The summed E-state index contributed by atoms with van der Waals surface area (Å²) in [6, 6.07) is 17.1. The van der Waals surface area contributed by atoms with E-state index in [9.17, 15) is 4.79 Å². The van der Waals surface area contributed by atoms with Gasteiger partial charge in [-0.15, -0.1) is 0 Å². The van der Waals surface area contributed by atoms with Crippen molar-refractivity contribution in [2.24, 2.45) is 0 Å². The van der Waals surface area contributed by atoms with E-state index in [1.807, 2.05) is 42.5 Å². The number of anilines is 1. The summed E-state index contributed by atoms with van der Waals surface area (Å²) in [6.45, 7) is 0.559. The molecule has 3 rings (SSSR count). The van der Waals surface area contributed by atoms with Crippen molar-refractivity contribution in [1.82, 2.24) is 9.78 Å². The summed E-state index contributed by atoms with van der Waals surface area (Å²) in [7, 11) is 0. The first kappa shape index (κ1) is 15.8. The van der Waals surface area contributed by atoms with Crippen molar-refractivity contribution >= 4 is 33.2 Å². The summed E-state index contributed by atoms with van der Waals surface area (Å²) in [5.74, 6) is 0. The number of halogens is 2. The van der Waals surface area contributed by atoms with Crippen LogP contribution in [-0.4, -0.2) is 9.78 Å². The van der Waals surface area contributed by atoms with Gasteiger partial charge < -0.3 is 5.32 Å². The van der Waals surface area contributed by atoms with Crippen LogP contribution in [0.2, 0.25) is 5.02 Å². The summed E-state index contributed by atoms with van der Waals surface area (Å²) < 4.78 is 2.30. The van der Waals surface area contributed by atoms with Crippen LogP contribution in [0.25, 0.3) is 5.69 Å². The molecule has 0 unspecified atom stereocenters. The van der Waals surface area contributed by atoms with Crippen LogP contribution in [-0.2, 0) is 6.54 Å². The summed E-state index contributed by atoms with van der Waals surface area (Å²) in [4.78, 5) is 12.4. The molecule has 1 aromatic heterocycles. The average Bonchev–Trinajstić information content (AvgIpc) is 2.58. The van der Waals surface area contributed by atoms with E-state index in [0.29, 0.717) is 17.9 Å². The molecule has 0 fully saturated rings. The second-order valence-electron chi connectivity index (χ2n) is 4.90. The van der Waals surface area contributed by atoms with Gasteiger partial charge in [-0.2, -0.15) is 9.78 Å². The fraction of sp³-hybridized carbons (Fsp3) is 0.0588. The van der Waals surface area contributed by atoms with Crippen LogP contribution < -0.4 is 10.9 Å². The third-order valence-electron chi connectivity index (χ3n) is 3.32. The second kappa shape index (κ2) is 6.98. The molecule has 0 amide bonds. The maximum Gasteiger partial charge on any atom is 0.292 e. The molecule has 0 spiro atoms. The molecule has 4 nitrogen and oxygen atoms in total. The Bertz CT molecular complexity index is 863. The first-order valence-corrected chi connectivity index (χ1v) is 8.14. The molecule has 0 radical (unpaired) electrons. The zero-order chi connectivity index (χ0) is 16.2. The van der Waals surface area contributed by atoms with Gasteiger partial charge in [0, 0.05) is 11.0 Å². The Hall–Kier alpha value is -2.11. The molecule has 0 atom stereocenters. The van der Waals surface area contributed by atoms with Crippen molar-refractivity contribution in [3.05, 3.63) is 86.2 Å². The quantitative estimate of drug-likeness (QED) is 0.724. The Balaban J connectivity index is 1.83. The lowest BCUT2D eigenvalue weighted by Crippen LogP contribution is -2.22. The van der Waals surface area contributed by atoms with Crippen LogP contribution in [0.4, 0.5) is 5.69 Å². The Morgan fingerprint density at radius 2 is 1.78 bits per heavy atom. The summed E-state index contributed by atoms with van der Waals surface area (Å²) in [5.41, 5.74) is 1.93. The number of rotatable bonds is 4. The number of nitrogens with zero attached hydrogens (tertiary/aromatic N) is 2. The van der Waals surface area contributed by atoms with E-state index >= 15 is 0 Å². The Labute approximate surface area is 146 Å². The molecular weight excluding hydrogens is 378 g/mol. The van der Waals surface area contributed by atoms with Crippen LogP contribution in [0.5, 0.6) is 0 Å². The number of benzene rings is 2. The Morgan fingerprint density at radius 1 is 1.09 bits per heavy atom. The minimum absolute atomic E-state index is 0.126. The highest BCUT2D eigenvalue weighted by Crippen LogP contribution is 2.18. The van der Waals surface area contributed by atoms with Crippen molar-refractivity contribution in [1.29, 1.82) is 0 Å². The highest BCUT2D eigenvalue weighted by Gasteiger charge is 2.10. The minimum atomic E-state index is -0.348. The van der Waals surface area contributed by atoms with Crippen LogP contribution in [0.1, 0.15) is 5.56 Å². The third kappa shape index (κ3) is 3.63. The summed E-state index contributed by atoms with van der Waals surface area (Å²) in [5, 5.41) is 7.46. The topological polar surface area (TPSA) is 46.9 Å². The minimum Gasteiger partial charge on any atom is -0.378 e. The number of hydrogen-bond acceptors (Lipinski definition) is 3. The van der Waals surface area contributed by atoms with Gasteiger partial charge in [-0.3, -0.25) is 4.79 Å². The number of hydrogen-bond donors (Lipinski definition) is 1. The van der Waals surface area contributed by atoms with Crippen LogP contribution in [0, 0.1) is 0 Å². The van der Waals surface area contributed by atoms with E-state index in [1.165, 1.54) is 4.68 Å². The van der Waals surface area contributed by atoms with Crippen molar-refractivity contribution in [3.63, 3.8) is 0 Å². The lowest BCUT2D eigenvalue weighted by molar-refractivity contribution is 0.807. The standard InChI is InChI=1S/C17H13BrClN3O/c18-13-8-6-12(7-9-13)10-20-15-11-21-22(17(23)16(15)19)14-4-2-1-3-5-14/h1-9,11,20H,10H2. The number of aromatic nitrogens is 2. The molecule has 0 saturated heterocycles. The maximum atomic E-state index is 12.4. The maximum absolute atomic E-state index is 12.4. The molecule has 0 saturated carbocycles. The van der Waals surface area contributed by atoms with Gasteiger partial charge in [0.2, 0.25) is 0 Å². The average molecular weight is 391 g/mol. The normalized spacial score (nSPS) is 10.5. The highest BCUT2D eigenvalue weighted by molar-refractivity contribution is 9.10. The van der Waals surface area contributed by atoms with Crippen molar-refractivity contribution in [3.8, 4) is 5.69 Å². The van der Waals surface area contributed by atoms with Crippen LogP contribution >= 0.6 is 27.5 Å². The van der Waals surface area contributed by atoms with Gasteiger partial charge in [-0.25, -0.2) is 0 Å². The molecule has 6 heteroatoms. The zero-order valence-electron chi connectivity index (χ0n) is 12.0. The molecule has 0 aliphatic carbocycles. The van der Waals surface area contributed by atoms with Crippen LogP contribution in [0.3, 0.4) is 0 Å². The van der Waals surface area contributed by atoms with Crippen molar-refractivity contribution < 1.29 is 0 Å². The van der Waals surface area contributed by atoms with E-state index in [2.05, 4.69) is 26.3 Å². The summed E-state index contributed by atoms with van der Waals surface area (Å²) >= 11 is 9.59. The van der Waals surface area contributed by atoms with Gasteiger partial charge in [0.1, 0.15) is 5.02 Å². The SMILES string of the molecule is O=c1c(Cl)c(NCc2ccc(Br)cc2)cnn1-c1ccccc1. The van der Waals surface area contributed by atoms with E-state index in [1.54, 1.807) is 18.3 Å². The first-order valence-electron chi connectivity index (χ1n) is 6.97. The lowest BCUT2D eigenvalue weighted by Gasteiger charge is -2.10. The molecule has 2 aromatic carbocycles. The van der Waals surface area contributed by atoms with Gasteiger partial charge in [0.25, 0.3) is 5.56 Å². The number of nitrogens with one attached hydrogen (secondary N) is 1.